The van der Waals surface area contributed by atoms with Crippen LogP contribution in [-0.4, -0.2) is 33.9 Å². The van der Waals surface area contributed by atoms with Crippen molar-refractivity contribution in [2.45, 2.75) is 70.0 Å². The molecule has 0 bridgehead atoms. The molecule has 2 aliphatic rings. The lowest BCUT2D eigenvalue weighted by atomic mass is 9.96. The van der Waals surface area contributed by atoms with Crippen LogP contribution in [0.15, 0.2) is 42.6 Å². The fourth-order valence-corrected chi connectivity index (χ4v) is 4.80. The van der Waals surface area contributed by atoms with Crippen molar-refractivity contribution in [2.75, 3.05) is 6.54 Å². The lowest BCUT2D eigenvalue weighted by Gasteiger charge is -2.37. The Hall–Kier alpha value is -2.27. The first-order valence-electron chi connectivity index (χ1n) is 11.1. The van der Waals surface area contributed by atoms with E-state index in [0.29, 0.717) is 18.0 Å². The van der Waals surface area contributed by atoms with Crippen LogP contribution in [0.3, 0.4) is 0 Å². The van der Waals surface area contributed by atoms with Crippen molar-refractivity contribution in [3.63, 3.8) is 0 Å². The Bertz CT molecular complexity index is 869. The number of aromatic nitrogens is 1. The molecule has 1 aliphatic carbocycles. The van der Waals surface area contributed by atoms with Gasteiger partial charge in [0.15, 0.2) is 6.04 Å². The molecule has 2 heterocycles. The second-order valence-corrected chi connectivity index (χ2v) is 8.91. The van der Waals surface area contributed by atoms with Gasteiger partial charge < -0.3 is 14.8 Å². The van der Waals surface area contributed by atoms with Crippen molar-refractivity contribution in [1.29, 1.82) is 0 Å². The average molecular weight is 428 g/mol. The minimum Gasteiger partial charge on any atom is -0.351 e. The molecule has 6 heteroatoms. The Morgan fingerprint density at radius 3 is 2.47 bits per heavy atom. The topological polar surface area (TPSA) is 54.3 Å². The molecule has 30 heavy (non-hydrogen) atoms. The number of fused-ring (bicyclic) bond motifs is 1. The van der Waals surface area contributed by atoms with E-state index in [1.165, 1.54) is 19.3 Å². The Balaban J connectivity index is 1.50. The van der Waals surface area contributed by atoms with Gasteiger partial charge in [0.2, 0.25) is 11.8 Å². The maximum absolute atomic E-state index is 13.4. The van der Waals surface area contributed by atoms with E-state index in [2.05, 4.69) is 5.32 Å². The van der Waals surface area contributed by atoms with Gasteiger partial charge in [-0.05, 0) is 49.1 Å². The van der Waals surface area contributed by atoms with Gasteiger partial charge in [0.05, 0.1) is 5.69 Å². The van der Waals surface area contributed by atoms with Crippen molar-refractivity contribution in [3.8, 4) is 0 Å². The average Bonchev–Trinajstić information content (AvgIpc) is 3.16. The zero-order chi connectivity index (χ0) is 20.9. The van der Waals surface area contributed by atoms with Crippen LogP contribution in [0.4, 0.5) is 0 Å². The molecule has 2 aromatic rings. The van der Waals surface area contributed by atoms with Gasteiger partial charge in [0.1, 0.15) is 6.54 Å². The largest absolute Gasteiger partial charge is 0.351 e. The van der Waals surface area contributed by atoms with Gasteiger partial charge in [-0.2, -0.15) is 0 Å². The fourth-order valence-electron chi connectivity index (χ4n) is 4.67. The Labute approximate surface area is 183 Å². The van der Waals surface area contributed by atoms with Crippen LogP contribution in [-0.2, 0) is 22.6 Å². The second kappa shape index (κ2) is 9.69. The summed E-state index contributed by atoms with van der Waals surface area (Å²) in [6, 6.07) is 11.2. The van der Waals surface area contributed by atoms with E-state index in [0.717, 1.165) is 36.9 Å². The van der Waals surface area contributed by atoms with E-state index in [9.17, 15) is 9.59 Å². The van der Waals surface area contributed by atoms with E-state index >= 15 is 0 Å². The van der Waals surface area contributed by atoms with Gasteiger partial charge in [-0.1, -0.05) is 55.8 Å². The van der Waals surface area contributed by atoms with Gasteiger partial charge in [0.25, 0.3) is 0 Å². The second-order valence-electron chi connectivity index (χ2n) is 8.48. The molecule has 1 atom stereocenters. The molecule has 0 spiro atoms. The number of rotatable bonds is 5. The highest BCUT2D eigenvalue weighted by atomic mass is 35.5. The maximum Gasteiger partial charge on any atom is 0.249 e. The van der Waals surface area contributed by atoms with Crippen LogP contribution >= 0.6 is 11.6 Å². The zero-order valence-corrected chi connectivity index (χ0v) is 18.1. The fraction of sp³-hybridized carbons (Fsp3) is 0.500. The molecule has 0 radical (unpaired) electrons. The molecule has 1 N–H and O–H groups in total. The first-order valence-corrected chi connectivity index (χ1v) is 11.5. The summed E-state index contributed by atoms with van der Waals surface area (Å²) in [5, 5.41) is 3.98. The highest BCUT2D eigenvalue weighted by molar-refractivity contribution is 6.30. The molecule has 1 aromatic heterocycles. The predicted octanol–water partition coefficient (Wildman–Crippen LogP) is 4.50. The SMILES string of the molecule is O=C(NC1CCCCCCC1)[C@@H]1c2cccn2CC(=O)N1CCc1ccc(Cl)cc1. The van der Waals surface area contributed by atoms with Gasteiger partial charge in [-0.15, -0.1) is 0 Å². The molecule has 5 nitrogen and oxygen atoms in total. The molecule has 1 aliphatic heterocycles. The quantitative estimate of drug-likeness (QED) is 0.763. The Morgan fingerprint density at radius 2 is 1.73 bits per heavy atom. The van der Waals surface area contributed by atoms with E-state index in [4.69, 9.17) is 11.6 Å². The van der Waals surface area contributed by atoms with Gasteiger partial charge in [-0.25, -0.2) is 0 Å². The minimum absolute atomic E-state index is 0.00881. The summed E-state index contributed by atoms with van der Waals surface area (Å²) < 4.78 is 1.91. The number of hydrogen-bond acceptors (Lipinski definition) is 2. The first kappa shape index (κ1) is 21.0. The lowest BCUT2D eigenvalue weighted by Crippen LogP contribution is -2.51. The van der Waals surface area contributed by atoms with E-state index in [-0.39, 0.29) is 24.4 Å². The summed E-state index contributed by atoms with van der Waals surface area (Å²) >= 11 is 5.99. The van der Waals surface area contributed by atoms with Crippen LogP contribution in [0.2, 0.25) is 5.02 Å². The van der Waals surface area contributed by atoms with Crippen LogP contribution in [0.25, 0.3) is 0 Å². The molecule has 0 unspecified atom stereocenters. The minimum atomic E-state index is -0.570. The van der Waals surface area contributed by atoms with Crippen LogP contribution in [0.1, 0.15) is 62.2 Å². The Morgan fingerprint density at radius 1 is 1.03 bits per heavy atom. The molecule has 1 fully saturated rings. The molecule has 4 rings (SSSR count). The standard InChI is InChI=1S/C24H30ClN3O2/c25-19-12-10-18(11-13-19)14-16-28-22(29)17-27-15-6-9-21(27)23(28)24(30)26-20-7-4-2-1-3-5-8-20/h6,9-13,15,20,23H,1-5,7-8,14,16-17H2,(H,26,30)/t23-/m0/s1. The third-order valence-corrected chi connectivity index (χ3v) is 6.59. The normalized spacial score (nSPS) is 20.4. The predicted molar refractivity (Wildman–Crippen MR) is 118 cm³/mol. The summed E-state index contributed by atoms with van der Waals surface area (Å²) in [6.45, 7) is 0.796. The van der Waals surface area contributed by atoms with Gasteiger partial charge in [-0.3, -0.25) is 9.59 Å². The van der Waals surface area contributed by atoms with Crippen LogP contribution in [0, 0.1) is 0 Å². The highest BCUT2D eigenvalue weighted by Gasteiger charge is 2.37. The first-order chi connectivity index (χ1) is 14.6. The lowest BCUT2D eigenvalue weighted by molar-refractivity contribution is -0.144. The van der Waals surface area contributed by atoms with Crippen molar-refractivity contribution in [2.24, 2.45) is 0 Å². The number of nitrogens with zero attached hydrogens (tertiary/aromatic N) is 2. The van der Waals surface area contributed by atoms with E-state index in [1.807, 2.05) is 47.2 Å². The van der Waals surface area contributed by atoms with Crippen molar-refractivity contribution >= 4 is 23.4 Å². The highest BCUT2D eigenvalue weighted by Crippen LogP contribution is 2.28. The molecule has 1 saturated carbocycles. The number of benzene rings is 1. The number of amides is 2. The molecule has 2 amide bonds. The molecule has 1 aromatic carbocycles. The summed E-state index contributed by atoms with van der Waals surface area (Å²) in [7, 11) is 0. The molecular weight excluding hydrogens is 398 g/mol. The maximum atomic E-state index is 13.4. The van der Waals surface area contributed by atoms with Crippen molar-refractivity contribution < 1.29 is 9.59 Å². The number of hydrogen-bond donors (Lipinski definition) is 1. The monoisotopic (exact) mass is 427 g/mol. The molecule has 160 valence electrons. The number of halogens is 1. The van der Waals surface area contributed by atoms with Crippen LogP contribution < -0.4 is 5.32 Å². The van der Waals surface area contributed by atoms with Crippen molar-refractivity contribution in [1.82, 2.24) is 14.8 Å². The Kier molecular flexibility index (Phi) is 6.78. The number of nitrogens with one attached hydrogen (secondary N) is 1. The smallest absolute Gasteiger partial charge is 0.249 e. The van der Waals surface area contributed by atoms with E-state index in [1.54, 1.807) is 4.90 Å². The van der Waals surface area contributed by atoms with Crippen molar-refractivity contribution in [3.05, 3.63) is 58.9 Å². The third kappa shape index (κ3) is 4.89. The third-order valence-electron chi connectivity index (χ3n) is 6.34. The van der Waals surface area contributed by atoms with Crippen LogP contribution in [0.5, 0.6) is 0 Å². The summed E-state index contributed by atoms with van der Waals surface area (Å²) in [4.78, 5) is 28.1. The number of carbonyl (C=O) groups is 2. The zero-order valence-electron chi connectivity index (χ0n) is 17.4. The summed E-state index contributed by atoms with van der Waals surface area (Å²) in [6.07, 6.45) is 10.7. The van der Waals surface area contributed by atoms with Gasteiger partial charge in [0, 0.05) is 23.8 Å². The molecule has 0 saturated heterocycles. The van der Waals surface area contributed by atoms with E-state index < -0.39 is 6.04 Å². The van der Waals surface area contributed by atoms with Gasteiger partial charge >= 0.3 is 0 Å². The molecular formula is C24H30ClN3O2. The summed E-state index contributed by atoms with van der Waals surface area (Å²) in [5.74, 6) is -0.0600. The summed E-state index contributed by atoms with van der Waals surface area (Å²) in [5.41, 5.74) is 2.00. The number of carbonyl (C=O) groups excluding carboxylic acids is 2.